The summed E-state index contributed by atoms with van der Waals surface area (Å²) in [7, 11) is -4.30. The molecule has 1 amide bonds. The molecule has 2 aromatic heterocycles. The van der Waals surface area contributed by atoms with Crippen LogP contribution in [0.2, 0.25) is 0 Å². The van der Waals surface area contributed by atoms with Gasteiger partial charge in [0.2, 0.25) is 5.95 Å². The summed E-state index contributed by atoms with van der Waals surface area (Å²) in [6.45, 7) is 5.97. The number of carbonyl (C=O) groups excluding carboxylic acids is 1. The third-order valence-corrected chi connectivity index (χ3v) is 8.21. The normalized spacial score (nSPS) is 12.3. The number of hydrogen-bond acceptors (Lipinski definition) is 11. The lowest BCUT2D eigenvalue weighted by Crippen LogP contribution is -2.43. The van der Waals surface area contributed by atoms with Gasteiger partial charge >= 0.3 is 7.82 Å². The Bertz CT molecular complexity index is 1660. The predicted molar refractivity (Wildman–Crippen MR) is 175 cm³/mol. The highest BCUT2D eigenvalue weighted by molar-refractivity contribution is 7.48. The fraction of sp³-hybridized carbons (Fsp3) is 0.303. The molecule has 0 spiro atoms. The molecule has 0 fully saturated rings. The van der Waals surface area contributed by atoms with Crippen LogP contribution in [0.4, 0.5) is 21.8 Å². The van der Waals surface area contributed by atoms with Gasteiger partial charge in [-0.3, -0.25) is 18.4 Å². The van der Waals surface area contributed by atoms with Crippen molar-refractivity contribution in [3.05, 3.63) is 108 Å². The summed E-state index contributed by atoms with van der Waals surface area (Å²) in [6.07, 6.45) is 2.26. The van der Waals surface area contributed by atoms with Crippen LogP contribution in [-0.2, 0) is 31.4 Å². The highest BCUT2D eigenvalue weighted by atomic mass is 31.2. The zero-order chi connectivity index (χ0) is 33.9. The van der Waals surface area contributed by atoms with E-state index in [9.17, 15) is 9.36 Å². The van der Waals surface area contributed by atoms with Gasteiger partial charge in [0.25, 0.3) is 5.91 Å². The molecule has 0 saturated carbocycles. The molecule has 0 aliphatic carbocycles. The third-order valence-electron chi connectivity index (χ3n) is 6.62. The summed E-state index contributed by atoms with van der Waals surface area (Å²) in [5, 5.41) is 17.6. The van der Waals surface area contributed by atoms with Crippen molar-refractivity contribution >= 4 is 31.2 Å². The maximum absolute atomic E-state index is 15.7. The van der Waals surface area contributed by atoms with Crippen LogP contribution in [-0.4, -0.2) is 45.2 Å². The number of hydrogen-bond donors (Lipinski definition) is 3. The van der Waals surface area contributed by atoms with Crippen molar-refractivity contribution in [3.8, 4) is 6.07 Å². The first-order valence-electron chi connectivity index (χ1n) is 14.8. The van der Waals surface area contributed by atoms with Crippen LogP contribution in [0.25, 0.3) is 0 Å². The molecule has 1 atom stereocenters. The Balaban J connectivity index is 1.43. The fourth-order valence-electron chi connectivity index (χ4n) is 4.11. The maximum atomic E-state index is 15.7. The van der Waals surface area contributed by atoms with Gasteiger partial charge < -0.3 is 16.0 Å². The first-order chi connectivity index (χ1) is 22.5. The van der Waals surface area contributed by atoms with Gasteiger partial charge in [-0.25, -0.2) is 23.9 Å². The molecule has 14 heteroatoms. The molecule has 4 rings (SSSR count). The highest BCUT2D eigenvalue weighted by Crippen LogP contribution is 2.54. The van der Waals surface area contributed by atoms with Crippen LogP contribution in [0.15, 0.2) is 85.3 Å². The summed E-state index contributed by atoms with van der Waals surface area (Å²) in [5.74, 6) is -0.0392. The van der Waals surface area contributed by atoms with Crippen LogP contribution in [0, 0.1) is 11.3 Å². The van der Waals surface area contributed by atoms with Crippen LogP contribution in [0.3, 0.4) is 0 Å². The number of anilines is 3. The topological polar surface area (TPSA) is 160 Å². The number of rotatable bonds is 16. The van der Waals surface area contributed by atoms with Gasteiger partial charge in [0.1, 0.15) is 23.7 Å². The minimum absolute atomic E-state index is 0.0508. The van der Waals surface area contributed by atoms with Gasteiger partial charge in [0, 0.05) is 18.3 Å². The van der Waals surface area contributed by atoms with E-state index < -0.39 is 32.0 Å². The molecule has 12 nitrogen and oxygen atoms in total. The summed E-state index contributed by atoms with van der Waals surface area (Å²) in [6, 6.07) is 21.6. The molecule has 4 aromatic rings. The zero-order valence-corrected chi connectivity index (χ0v) is 27.4. The number of phosphoric ester groups is 1. The van der Waals surface area contributed by atoms with E-state index in [-0.39, 0.29) is 30.8 Å². The smallest absolute Gasteiger partial charge is 0.382 e. The maximum Gasteiger partial charge on any atom is 0.476 e. The highest BCUT2D eigenvalue weighted by Gasteiger charge is 2.41. The van der Waals surface area contributed by atoms with Crippen molar-refractivity contribution in [2.24, 2.45) is 0 Å². The minimum Gasteiger partial charge on any atom is -0.382 e. The number of benzene rings is 2. The Morgan fingerprint density at radius 2 is 1.53 bits per heavy atom. The Labute approximate surface area is 273 Å². The van der Waals surface area contributed by atoms with Crippen LogP contribution >= 0.6 is 7.82 Å². The van der Waals surface area contributed by atoms with E-state index >= 15 is 4.39 Å². The molecular formula is C33H37FN7O5P. The van der Waals surface area contributed by atoms with E-state index in [0.29, 0.717) is 17.1 Å². The summed E-state index contributed by atoms with van der Waals surface area (Å²) < 4.78 is 46.6. The van der Waals surface area contributed by atoms with Crippen molar-refractivity contribution in [1.29, 1.82) is 5.26 Å². The van der Waals surface area contributed by atoms with Crippen molar-refractivity contribution in [2.45, 2.75) is 58.7 Å². The minimum atomic E-state index is -4.30. The van der Waals surface area contributed by atoms with E-state index in [1.165, 1.54) is 32.4 Å². The van der Waals surface area contributed by atoms with Crippen LogP contribution < -0.4 is 16.0 Å². The number of phosphoric acid groups is 1. The fourth-order valence-corrected chi connectivity index (χ4v) is 5.60. The molecule has 0 aliphatic heterocycles. The Morgan fingerprint density at radius 1 is 0.957 bits per heavy atom. The number of carbonyl (C=O) groups is 1. The molecule has 2 aromatic carbocycles. The van der Waals surface area contributed by atoms with E-state index in [1.54, 1.807) is 30.3 Å². The lowest BCUT2D eigenvalue weighted by atomic mass is 10.0. The second-order valence-corrected chi connectivity index (χ2v) is 12.9. The molecule has 2 heterocycles. The van der Waals surface area contributed by atoms with Crippen molar-refractivity contribution in [2.75, 3.05) is 17.2 Å². The van der Waals surface area contributed by atoms with Gasteiger partial charge in [-0.15, -0.1) is 0 Å². The quantitative estimate of drug-likeness (QED) is 0.109. The number of nitrogens with one attached hydrogen (secondary N) is 3. The molecule has 47 heavy (non-hydrogen) atoms. The average molecular weight is 662 g/mol. The summed E-state index contributed by atoms with van der Waals surface area (Å²) in [4.78, 5) is 25.7. The molecule has 0 radical (unpaired) electrons. The lowest BCUT2D eigenvalue weighted by Gasteiger charge is -2.32. The van der Waals surface area contributed by atoms with Crippen LogP contribution in [0.1, 0.15) is 54.7 Å². The van der Waals surface area contributed by atoms with Crippen molar-refractivity contribution < 1.29 is 27.3 Å². The van der Waals surface area contributed by atoms with E-state index in [2.05, 4.69) is 30.9 Å². The second-order valence-electron chi connectivity index (χ2n) is 11.3. The monoisotopic (exact) mass is 661 g/mol. The van der Waals surface area contributed by atoms with E-state index in [0.717, 1.165) is 11.1 Å². The number of pyridine rings is 1. The summed E-state index contributed by atoms with van der Waals surface area (Å²) in [5.41, 5.74) is 0.668. The Kier molecular flexibility index (Phi) is 12.1. The molecule has 3 N–H and O–H groups in total. The third kappa shape index (κ3) is 10.7. The Morgan fingerprint density at radius 3 is 2.06 bits per heavy atom. The molecule has 0 bridgehead atoms. The van der Waals surface area contributed by atoms with Crippen molar-refractivity contribution in [3.63, 3.8) is 0 Å². The lowest BCUT2D eigenvalue weighted by molar-refractivity contribution is -0.0221. The van der Waals surface area contributed by atoms with Gasteiger partial charge in [0.05, 0.1) is 49.0 Å². The number of alkyl halides is 1. The van der Waals surface area contributed by atoms with Gasteiger partial charge in [-0.05, 0) is 38.8 Å². The first kappa shape index (κ1) is 35.1. The molecular weight excluding hydrogens is 624 g/mol. The molecule has 0 saturated heterocycles. The zero-order valence-electron chi connectivity index (χ0n) is 26.5. The second kappa shape index (κ2) is 16.2. The Hall–Kier alpha value is -4.73. The summed E-state index contributed by atoms with van der Waals surface area (Å²) >= 11 is 0. The van der Waals surface area contributed by atoms with Gasteiger partial charge in [0.15, 0.2) is 0 Å². The number of nitrogens with zero attached hydrogens (tertiary/aromatic N) is 4. The number of amides is 1. The van der Waals surface area contributed by atoms with Gasteiger partial charge in [-0.2, -0.15) is 5.26 Å². The molecule has 0 unspecified atom stereocenters. The SMILES string of the molecule is CC(C)Nc1cc(Nc2ncc(C#N)cn2)ncc1C(=O)NC[C@@H](F)C(C)(C)OP(=O)(OCc1ccccc1)OCc1ccccc1. The van der Waals surface area contributed by atoms with Crippen LogP contribution in [0.5, 0.6) is 0 Å². The largest absolute Gasteiger partial charge is 0.476 e. The number of aromatic nitrogens is 3. The molecule has 0 aliphatic rings. The van der Waals surface area contributed by atoms with Crippen molar-refractivity contribution in [1.82, 2.24) is 20.3 Å². The first-order valence-corrected chi connectivity index (χ1v) is 16.3. The molecule has 246 valence electrons. The van der Waals surface area contributed by atoms with Gasteiger partial charge in [-0.1, -0.05) is 60.7 Å². The average Bonchev–Trinajstić information content (AvgIpc) is 3.06. The number of nitriles is 1. The van der Waals surface area contributed by atoms with E-state index in [4.69, 9.17) is 18.8 Å². The predicted octanol–water partition coefficient (Wildman–Crippen LogP) is 6.71. The van der Waals surface area contributed by atoms with E-state index in [1.807, 2.05) is 56.3 Å². The number of halogens is 1. The standard InChI is InChI=1S/C33H37FN7O5P/c1-23(2)40-28-15-30(41-32-38-17-26(16-35)18-39-32)36-19-27(28)31(42)37-20-29(34)33(3,4)46-47(43,44-21-24-11-7-5-8-12-24)45-22-25-13-9-6-10-14-25/h5-15,17-19,23,29H,20-22H2,1-4H3,(H,37,42)(H2,36,38,39,40,41)/t29-/m1/s1.